The second-order valence-electron chi connectivity index (χ2n) is 6.96. The lowest BCUT2D eigenvalue weighted by Crippen LogP contribution is -2.24. The average Bonchev–Trinajstić information content (AvgIpc) is 2.78. The van der Waals surface area contributed by atoms with Gasteiger partial charge in [0, 0.05) is 5.69 Å². The molecule has 3 aromatic carbocycles. The van der Waals surface area contributed by atoms with Gasteiger partial charge in [-0.1, -0.05) is 31.2 Å². The van der Waals surface area contributed by atoms with Crippen LogP contribution in [0.15, 0.2) is 77.9 Å². The number of para-hydroxylation sites is 1. The van der Waals surface area contributed by atoms with Crippen molar-refractivity contribution in [3.63, 3.8) is 0 Å². The highest BCUT2D eigenvalue weighted by molar-refractivity contribution is 5.90. The number of hydrogen-bond acceptors (Lipinski definition) is 4. The molecule has 0 unspecified atom stereocenters. The number of carbonyl (C=O) groups excluding carboxylic acids is 1. The maximum absolute atomic E-state index is 11.8. The van der Waals surface area contributed by atoms with Gasteiger partial charge in [0.05, 0.1) is 6.21 Å². The summed E-state index contributed by atoms with van der Waals surface area (Å²) in [5.74, 6) is 1.62. The highest BCUT2D eigenvalue weighted by Crippen LogP contribution is 2.17. The Morgan fingerprint density at radius 1 is 0.935 bits per heavy atom. The molecule has 0 radical (unpaired) electrons. The molecule has 0 spiro atoms. The first kappa shape index (κ1) is 21.9. The minimum absolute atomic E-state index is 0.401. The molecular weight excluding hydrogens is 390 g/mol. The van der Waals surface area contributed by atoms with Crippen molar-refractivity contribution in [2.75, 3.05) is 18.5 Å². The molecule has 0 heterocycles. The highest BCUT2D eigenvalue weighted by atomic mass is 16.5. The summed E-state index contributed by atoms with van der Waals surface area (Å²) in [4.78, 5) is 11.8. The number of rotatable bonds is 9. The van der Waals surface area contributed by atoms with E-state index in [1.807, 2.05) is 48.5 Å². The normalized spacial score (nSPS) is 10.6. The number of benzene rings is 3. The van der Waals surface area contributed by atoms with Gasteiger partial charge in [-0.15, -0.1) is 0 Å². The standard InChI is InChI=1S/C25H27N3O3/c1-3-20-15-19(2)16-24(17-20)31-14-13-30-23-11-9-21(10-12-23)18-26-28-25(29)27-22-7-5-4-6-8-22/h4-12,15-18H,3,13-14H2,1-2H3,(H2,27,28,29). The topological polar surface area (TPSA) is 72.0 Å². The molecule has 0 atom stereocenters. The number of aryl methyl sites for hydroxylation is 2. The molecule has 0 saturated heterocycles. The summed E-state index contributed by atoms with van der Waals surface area (Å²) in [5.41, 5.74) is 6.44. The summed E-state index contributed by atoms with van der Waals surface area (Å²) in [7, 11) is 0. The first-order valence-electron chi connectivity index (χ1n) is 10.2. The number of anilines is 1. The first-order chi connectivity index (χ1) is 15.1. The van der Waals surface area contributed by atoms with Crippen LogP contribution in [0.25, 0.3) is 0 Å². The van der Waals surface area contributed by atoms with Gasteiger partial charge in [-0.2, -0.15) is 5.10 Å². The molecule has 160 valence electrons. The predicted octanol–water partition coefficient (Wildman–Crippen LogP) is 5.17. The number of nitrogens with zero attached hydrogens (tertiary/aromatic N) is 1. The third-order valence-corrected chi connectivity index (χ3v) is 4.43. The second kappa shape index (κ2) is 11.4. The Labute approximate surface area is 182 Å². The van der Waals surface area contributed by atoms with Crippen LogP contribution in [0.2, 0.25) is 0 Å². The Morgan fingerprint density at radius 2 is 1.65 bits per heavy atom. The summed E-state index contributed by atoms with van der Waals surface area (Å²) >= 11 is 0. The van der Waals surface area contributed by atoms with E-state index in [0.717, 1.165) is 23.5 Å². The summed E-state index contributed by atoms with van der Waals surface area (Å²) in [5, 5.41) is 6.64. The summed E-state index contributed by atoms with van der Waals surface area (Å²) in [6, 6.07) is 22.5. The number of amides is 2. The highest BCUT2D eigenvalue weighted by Gasteiger charge is 2.01. The molecule has 0 saturated carbocycles. The zero-order chi connectivity index (χ0) is 21.9. The van der Waals surface area contributed by atoms with Gasteiger partial charge < -0.3 is 14.8 Å². The van der Waals surface area contributed by atoms with E-state index >= 15 is 0 Å². The fourth-order valence-electron chi connectivity index (χ4n) is 2.93. The van der Waals surface area contributed by atoms with Crippen LogP contribution in [0.1, 0.15) is 23.6 Å². The zero-order valence-electron chi connectivity index (χ0n) is 17.8. The van der Waals surface area contributed by atoms with Crippen LogP contribution in [-0.4, -0.2) is 25.5 Å². The average molecular weight is 418 g/mol. The van der Waals surface area contributed by atoms with Crippen molar-refractivity contribution in [1.82, 2.24) is 5.43 Å². The van der Waals surface area contributed by atoms with Crippen LogP contribution in [0.5, 0.6) is 11.5 Å². The molecule has 2 N–H and O–H groups in total. The third kappa shape index (κ3) is 7.51. The second-order valence-corrected chi connectivity index (χ2v) is 6.96. The fraction of sp³-hybridized carbons (Fsp3) is 0.200. The maximum Gasteiger partial charge on any atom is 0.339 e. The third-order valence-electron chi connectivity index (χ3n) is 4.43. The van der Waals surface area contributed by atoms with Crippen LogP contribution >= 0.6 is 0 Å². The number of urea groups is 1. The van der Waals surface area contributed by atoms with Crippen LogP contribution in [0.3, 0.4) is 0 Å². The van der Waals surface area contributed by atoms with Crippen molar-refractivity contribution in [2.24, 2.45) is 5.10 Å². The van der Waals surface area contributed by atoms with E-state index in [1.165, 1.54) is 11.1 Å². The van der Waals surface area contributed by atoms with Gasteiger partial charge in [-0.25, -0.2) is 10.2 Å². The molecule has 31 heavy (non-hydrogen) atoms. The summed E-state index contributed by atoms with van der Waals surface area (Å²) in [6.45, 7) is 5.12. The fourth-order valence-corrected chi connectivity index (χ4v) is 2.93. The Bertz CT molecular complexity index is 1000. The van der Waals surface area contributed by atoms with Gasteiger partial charge in [0.1, 0.15) is 24.7 Å². The van der Waals surface area contributed by atoms with Gasteiger partial charge in [0.15, 0.2) is 0 Å². The molecular formula is C25H27N3O3. The van der Waals surface area contributed by atoms with Crippen molar-refractivity contribution in [2.45, 2.75) is 20.3 Å². The number of nitrogens with one attached hydrogen (secondary N) is 2. The monoisotopic (exact) mass is 417 g/mol. The lowest BCUT2D eigenvalue weighted by molar-refractivity contribution is 0.217. The van der Waals surface area contributed by atoms with Gasteiger partial charge in [0.2, 0.25) is 0 Å². The molecule has 6 nitrogen and oxygen atoms in total. The summed E-state index contributed by atoms with van der Waals surface area (Å²) < 4.78 is 11.5. The van der Waals surface area contributed by atoms with Crippen LogP contribution in [-0.2, 0) is 6.42 Å². The zero-order valence-corrected chi connectivity index (χ0v) is 17.8. The number of ether oxygens (including phenoxy) is 2. The Hall–Kier alpha value is -3.80. The van der Waals surface area contributed by atoms with Crippen molar-refractivity contribution < 1.29 is 14.3 Å². The van der Waals surface area contributed by atoms with Gasteiger partial charge in [-0.3, -0.25) is 0 Å². The number of carbonyl (C=O) groups is 1. The molecule has 0 aliphatic rings. The van der Waals surface area contributed by atoms with E-state index in [0.29, 0.717) is 18.9 Å². The molecule has 0 aromatic heterocycles. The maximum atomic E-state index is 11.8. The molecule has 0 aliphatic carbocycles. The lowest BCUT2D eigenvalue weighted by atomic mass is 10.1. The lowest BCUT2D eigenvalue weighted by Gasteiger charge is -2.10. The van der Waals surface area contributed by atoms with E-state index in [-0.39, 0.29) is 0 Å². The molecule has 3 rings (SSSR count). The minimum atomic E-state index is -0.401. The van der Waals surface area contributed by atoms with Crippen molar-refractivity contribution in [1.29, 1.82) is 0 Å². The summed E-state index contributed by atoms with van der Waals surface area (Å²) in [6.07, 6.45) is 2.55. The largest absolute Gasteiger partial charge is 0.490 e. The van der Waals surface area contributed by atoms with Crippen LogP contribution in [0, 0.1) is 6.92 Å². The number of hydrogen-bond donors (Lipinski definition) is 2. The smallest absolute Gasteiger partial charge is 0.339 e. The molecule has 0 fully saturated rings. The van der Waals surface area contributed by atoms with Crippen molar-refractivity contribution >= 4 is 17.9 Å². The van der Waals surface area contributed by atoms with Crippen LogP contribution in [0.4, 0.5) is 10.5 Å². The van der Waals surface area contributed by atoms with Crippen LogP contribution < -0.4 is 20.2 Å². The van der Waals surface area contributed by atoms with Gasteiger partial charge in [-0.05, 0) is 78.6 Å². The Balaban J connectivity index is 1.39. The first-order valence-corrected chi connectivity index (χ1v) is 10.2. The predicted molar refractivity (Wildman–Crippen MR) is 124 cm³/mol. The Kier molecular flexibility index (Phi) is 8.05. The van der Waals surface area contributed by atoms with E-state index in [2.05, 4.69) is 41.8 Å². The number of hydrazone groups is 1. The van der Waals surface area contributed by atoms with Crippen molar-refractivity contribution in [3.8, 4) is 11.5 Å². The SMILES string of the molecule is CCc1cc(C)cc(OCCOc2ccc(C=NNC(=O)Nc3ccccc3)cc2)c1. The quantitative estimate of drug-likeness (QED) is 0.287. The molecule has 6 heteroatoms. The Morgan fingerprint density at radius 3 is 2.35 bits per heavy atom. The van der Waals surface area contributed by atoms with E-state index in [9.17, 15) is 4.79 Å². The minimum Gasteiger partial charge on any atom is -0.490 e. The molecule has 0 bridgehead atoms. The molecule has 3 aromatic rings. The van der Waals surface area contributed by atoms with Gasteiger partial charge in [0.25, 0.3) is 0 Å². The molecule has 0 aliphatic heterocycles. The van der Waals surface area contributed by atoms with E-state index in [1.54, 1.807) is 18.3 Å². The van der Waals surface area contributed by atoms with E-state index in [4.69, 9.17) is 9.47 Å². The van der Waals surface area contributed by atoms with Crippen molar-refractivity contribution in [3.05, 3.63) is 89.5 Å². The van der Waals surface area contributed by atoms with Gasteiger partial charge >= 0.3 is 6.03 Å². The van der Waals surface area contributed by atoms with E-state index < -0.39 is 6.03 Å². The molecule has 2 amide bonds.